The van der Waals surface area contributed by atoms with Gasteiger partial charge < -0.3 is 10.0 Å². The number of phenolic OH excluding ortho intramolecular Hbond substituents is 1. The lowest BCUT2D eigenvalue weighted by molar-refractivity contribution is 0.0738. The molecule has 98 valence electrons. The number of nitrogens with zero attached hydrogens (tertiary/aromatic N) is 1. The molecule has 1 fully saturated rings. The van der Waals surface area contributed by atoms with Gasteiger partial charge in [0.15, 0.2) is 0 Å². The SMILES string of the molecule is CC1CCN(C(=O)c2ccc(I)c(O)c2)C1CBr. The highest BCUT2D eigenvalue weighted by Crippen LogP contribution is 2.28. The number of aromatic hydroxyl groups is 1. The number of hydrogen-bond acceptors (Lipinski definition) is 2. The summed E-state index contributed by atoms with van der Waals surface area (Å²) in [6.45, 7) is 2.97. The van der Waals surface area contributed by atoms with Crippen molar-refractivity contribution in [2.45, 2.75) is 19.4 Å². The molecule has 1 aliphatic heterocycles. The number of carbonyl (C=O) groups excluding carboxylic acids is 1. The zero-order valence-electron chi connectivity index (χ0n) is 10.1. The van der Waals surface area contributed by atoms with Gasteiger partial charge in [-0.1, -0.05) is 22.9 Å². The summed E-state index contributed by atoms with van der Waals surface area (Å²) in [5, 5.41) is 10.5. The van der Waals surface area contributed by atoms with Crippen LogP contribution in [0.1, 0.15) is 23.7 Å². The van der Waals surface area contributed by atoms with Crippen molar-refractivity contribution in [3.63, 3.8) is 0 Å². The van der Waals surface area contributed by atoms with E-state index in [1.54, 1.807) is 18.2 Å². The first-order valence-electron chi connectivity index (χ1n) is 5.90. The van der Waals surface area contributed by atoms with Crippen molar-refractivity contribution in [3.8, 4) is 5.75 Å². The van der Waals surface area contributed by atoms with E-state index in [0.29, 0.717) is 11.5 Å². The molecule has 1 saturated heterocycles. The Bertz CT molecular complexity index is 466. The number of rotatable bonds is 2. The van der Waals surface area contributed by atoms with Crippen LogP contribution in [-0.2, 0) is 0 Å². The van der Waals surface area contributed by atoms with Gasteiger partial charge in [0.2, 0.25) is 0 Å². The predicted octanol–water partition coefficient (Wildman–Crippen LogP) is 3.24. The summed E-state index contributed by atoms with van der Waals surface area (Å²) in [7, 11) is 0. The van der Waals surface area contributed by atoms with E-state index in [9.17, 15) is 9.90 Å². The number of amides is 1. The Kier molecular flexibility index (Phi) is 4.53. The topological polar surface area (TPSA) is 40.5 Å². The lowest BCUT2D eigenvalue weighted by Gasteiger charge is -2.25. The molecule has 2 rings (SSSR count). The van der Waals surface area contributed by atoms with Gasteiger partial charge in [-0.05, 0) is 53.1 Å². The Morgan fingerprint density at radius 2 is 2.33 bits per heavy atom. The van der Waals surface area contributed by atoms with Crippen LogP contribution in [0.15, 0.2) is 18.2 Å². The second kappa shape index (κ2) is 5.77. The molecule has 0 spiro atoms. The van der Waals surface area contributed by atoms with Crippen molar-refractivity contribution >= 4 is 44.4 Å². The zero-order valence-corrected chi connectivity index (χ0v) is 13.8. The number of alkyl halides is 1. The van der Waals surface area contributed by atoms with Gasteiger partial charge in [0.1, 0.15) is 5.75 Å². The van der Waals surface area contributed by atoms with Gasteiger partial charge >= 0.3 is 0 Å². The van der Waals surface area contributed by atoms with Gasteiger partial charge in [0.25, 0.3) is 5.91 Å². The standard InChI is InChI=1S/C13H15BrINO2/c1-8-4-5-16(11(8)7-14)13(18)9-2-3-10(15)12(17)6-9/h2-3,6,8,11,17H,4-5,7H2,1H3. The molecule has 0 aliphatic carbocycles. The number of likely N-dealkylation sites (tertiary alicyclic amines) is 1. The van der Waals surface area contributed by atoms with Crippen LogP contribution in [0, 0.1) is 9.49 Å². The zero-order chi connectivity index (χ0) is 13.3. The quantitative estimate of drug-likeness (QED) is 0.586. The Hall–Kier alpha value is -0.300. The molecule has 0 bridgehead atoms. The minimum atomic E-state index is 0.00972. The van der Waals surface area contributed by atoms with E-state index >= 15 is 0 Å². The smallest absolute Gasteiger partial charge is 0.254 e. The highest BCUT2D eigenvalue weighted by molar-refractivity contribution is 14.1. The fraction of sp³-hybridized carbons (Fsp3) is 0.462. The summed E-state index contributed by atoms with van der Waals surface area (Å²) in [6, 6.07) is 5.35. The average Bonchev–Trinajstić information content (AvgIpc) is 2.73. The van der Waals surface area contributed by atoms with Crippen LogP contribution in [0.25, 0.3) is 0 Å². The molecule has 0 radical (unpaired) electrons. The van der Waals surface area contributed by atoms with Crippen molar-refractivity contribution in [1.29, 1.82) is 0 Å². The first-order chi connectivity index (χ1) is 8.54. The fourth-order valence-electron chi connectivity index (χ4n) is 2.31. The first-order valence-corrected chi connectivity index (χ1v) is 8.10. The second-order valence-electron chi connectivity index (χ2n) is 4.65. The van der Waals surface area contributed by atoms with Crippen molar-refractivity contribution < 1.29 is 9.90 Å². The molecule has 1 aromatic carbocycles. The minimum absolute atomic E-state index is 0.00972. The summed E-state index contributed by atoms with van der Waals surface area (Å²) >= 11 is 5.52. The van der Waals surface area contributed by atoms with Crippen LogP contribution in [0.5, 0.6) is 5.75 Å². The van der Waals surface area contributed by atoms with E-state index in [1.165, 1.54) is 0 Å². The summed E-state index contributed by atoms with van der Waals surface area (Å²) in [5.74, 6) is 0.699. The molecule has 1 heterocycles. The summed E-state index contributed by atoms with van der Waals surface area (Å²) in [6.07, 6.45) is 1.04. The Labute approximate surface area is 129 Å². The van der Waals surface area contributed by atoms with Crippen LogP contribution >= 0.6 is 38.5 Å². The van der Waals surface area contributed by atoms with E-state index in [2.05, 4.69) is 22.9 Å². The van der Waals surface area contributed by atoms with Crippen LogP contribution < -0.4 is 0 Å². The van der Waals surface area contributed by atoms with E-state index in [0.717, 1.165) is 21.9 Å². The summed E-state index contributed by atoms with van der Waals surface area (Å²) < 4.78 is 0.760. The molecular weight excluding hydrogens is 409 g/mol. The maximum Gasteiger partial charge on any atom is 0.254 e. The molecular formula is C13H15BrINO2. The normalized spacial score (nSPS) is 23.4. The fourth-order valence-corrected chi connectivity index (χ4v) is 3.63. The molecule has 1 N–H and O–H groups in total. The number of phenols is 1. The predicted molar refractivity (Wildman–Crippen MR) is 83.2 cm³/mol. The molecule has 2 atom stereocenters. The molecule has 1 amide bonds. The summed E-state index contributed by atoms with van der Waals surface area (Å²) in [4.78, 5) is 14.3. The maximum absolute atomic E-state index is 12.4. The van der Waals surface area contributed by atoms with E-state index in [1.807, 2.05) is 27.5 Å². The third-order valence-corrected chi connectivity index (χ3v) is 5.07. The molecule has 5 heteroatoms. The Balaban J connectivity index is 2.23. The number of halogens is 2. The molecule has 3 nitrogen and oxygen atoms in total. The van der Waals surface area contributed by atoms with Gasteiger partial charge in [-0.2, -0.15) is 0 Å². The monoisotopic (exact) mass is 423 g/mol. The molecule has 0 aromatic heterocycles. The van der Waals surface area contributed by atoms with Gasteiger partial charge in [-0.3, -0.25) is 4.79 Å². The third kappa shape index (κ3) is 2.66. The lowest BCUT2D eigenvalue weighted by Crippen LogP contribution is -2.38. The van der Waals surface area contributed by atoms with Gasteiger partial charge in [-0.25, -0.2) is 0 Å². The van der Waals surface area contributed by atoms with Crippen molar-refractivity contribution in [2.75, 3.05) is 11.9 Å². The van der Waals surface area contributed by atoms with E-state index in [-0.39, 0.29) is 17.7 Å². The van der Waals surface area contributed by atoms with E-state index < -0.39 is 0 Å². The van der Waals surface area contributed by atoms with Crippen LogP contribution in [0.3, 0.4) is 0 Å². The molecule has 1 aromatic rings. The van der Waals surface area contributed by atoms with Crippen molar-refractivity contribution in [1.82, 2.24) is 4.90 Å². The number of benzene rings is 1. The molecule has 1 aliphatic rings. The van der Waals surface area contributed by atoms with Crippen LogP contribution in [0.2, 0.25) is 0 Å². The minimum Gasteiger partial charge on any atom is -0.507 e. The molecule has 0 saturated carbocycles. The van der Waals surface area contributed by atoms with Crippen molar-refractivity contribution in [3.05, 3.63) is 27.3 Å². The lowest BCUT2D eigenvalue weighted by atomic mass is 10.0. The maximum atomic E-state index is 12.4. The highest BCUT2D eigenvalue weighted by atomic mass is 127. The Morgan fingerprint density at radius 3 is 2.94 bits per heavy atom. The van der Waals surface area contributed by atoms with E-state index in [4.69, 9.17) is 0 Å². The third-order valence-electron chi connectivity index (χ3n) is 3.49. The average molecular weight is 424 g/mol. The largest absolute Gasteiger partial charge is 0.507 e. The highest BCUT2D eigenvalue weighted by Gasteiger charge is 2.34. The van der Waals surface area contributed by atoms with Crippen molar-refractivity contribution in [2.24, 2.45) is 5.92 Å². The van der Waals surface area contributed by atoms with Gasteiger partial charge in [0.05, 0.1) is 3.57 Å². The molecule has 18 heavy (non-hydrogen) atoms. The number of hydrogen-bond donors (Lipinski definition) is 1. The van der Waals surface area contributed by atoms with Gasteiger partial charge in [0, 0.05) is 23.5 Å². The van der Waals surface area contributed by atoms with Crippen LogP contribution in [-0.4, -0.2) is 33.8 Å². The summed E-state index contributed by atoms with van der Waals surface area (Å²) in [5.41, 5.74) is 0.563. The van der Waals surface area contributed by atoms with Gasteiger partial charge in [-0.15, -0.1) is 0 Å². The molecule has 2 unspecified atom stereocenters. The second-order valence-corrected chi connectivity index (χ2v) is 6.46. The van der Waals surface area contributed by atoms with Crippen LogP contribution in [0.4, 0.5) is 0 Å². The number of carbonyl (C=O) groups is 1. The Morgan fingerprint density at radius 1 is 1.61 bits per heavy atom. The first kappa shape index (κ1) is 14.1.